The normalized spacial score (nSPS) is 14.5. The van der Waals surface area contributed by atoms with E-state index in [-0.39, 0.29) is 11.9 Å². The third-order valence-corrected chi connectivity index (χ3v) is 5.34. The number of benzene rings is 3. The lowest BCUT2D eigenvalue weighted by molar-refractivity contribution is -0.110. The van der Waals surface area contributed by atoms with Crippen LogP contribution in [0.4, 0.5) is 17.1 Å². The fourth-order valence-corrected chi connectivity index (χ4v) is 3.72. The van der Waals surface area contributed by atoms with Gasteiger partial charge in [-0.1, -0.05) is 30.3 Å². The molecular weight excluding hydrogens is 402 g/mol. The zero-order valence-electron chi connectivity index (χ0n) is 18.4. The van der Waals surface area contributed by atoms with E-state index >= 15 is 0 Å². The van der Waals surface area contributed by atoms with Crippen LogP contribution in [0.2, 0.25) is 0 Å². The number of nitrogens with one attached hydrogen (secondary N) is 3. The van der Waals surface area contributed by atoms with Crippen molar-refractivity contribution in [1.82, 2.24) is 0 Å². The standard InChI is InChI=1S/C26H27N3O3/c1-17(13-22-21-14-24(31-2)25(32-3)15-23(21)29-26(22)30)28-20-11-9-18(10-12-20)16-27-19-7-5-4-6-8-19/h4-15,17,27-28H,16H2,1-3H3,(H,29,30). The molecule has 0 radical (unpaired) electrons. The molecule has 164 valence electrons. The quantitative estimate of drug-likeness (QED) is 0.432. The number of hydrogen-bond donors (Lipinski definition) is 3. The van der Waals surface area contributed by atoms with E-state index in [9.17, 15) is 4.79 Å². The van der Waals surface area contributed by atoms with Crippen molar-refractivity contribution in [3.8, 4) is 11.5 Å². The van der Waals surface area contributed by atoms with Crippen LogP contribution in [0.25, 0.3) is 5.57 Å². The molecule has 0 bridgehead atoms. The lowest BCUT2D eigenvalue weighted by Gasteiger charge is -2.14. The lowest BCUT2D eigenvalue weighted by Crippen LogP contribution is -2.14. The van der Waals surface area contributed by atoms with Gasteiger partial charge in [-0.25, -0.2) is 0 Å². The number of hydrogen-bond acceptors (Lipinski definition) is 5. The van der Waals surface area contributed by atoms with Gasteiger partial charge in [-0.15, -0.1) is 0 Å². The maximum Gasteiger partial charge on any atom is 0.256 e. The minimum atomic E-state index is -0.133. The molecule has 1 heterocycles. The van der Waals surface area contributed by atoms with Gasteiger partial charge < -0.3 is 25.4 Å². The summed E-state index contributed by atoms with van der Waals surface area (Å²) in [6.45, 7) is 2.77. The Morgan fingerprint density at radius 1 is 0.938 bits per heavy atom. The van der Waals surface area contributed by atoms with Crippen molar-refractivity contribution in [3.05, 3.63) is 83.9 Å². The summed E-state index contributed by atoms with van der Waals surface area (Å²) in [5.41, 5.74) is 5.42. The molecule has 0 saturated heterocycles. The molecule has 3 aromatic carbocycles. The third-order valence-electron chi connectivity index (χ3n) is 5.34. The van der Waals surface area contributed by atoms with Crippen molar-refractivity contribution < 1.29 is 14.3 Å². The summed E-state index contributed by atoms with van der Waals surface area (Å²) in [6, 6.07) is 22.0. The van der Waals surface area contributed by atoms with Gasteiger partial charge in [-0.05, 0) is 48.9 Å². The van der Waals surface area contributed by atoms with E-state index in [1.165, 1.54) is 5.56 Å². The zero-order chi connectivity index (χ0) is 22.5. The van der Waals surface area contributed by atoms with E-state index in [0.717, 1.165) is 29.2 Å². The van der Waals surface area contributed by atoms with Crippen LogP contribution in [-0.2, 0) is 11.3 Å². The van der Waals surface area contributed by atoms with Crippen molar-refractivity contribution in [2.75, 3.05) is 30.2 Å². The Balaban J connectivity index is 1.43. The van der Waals surface area contributed by atoms with Crippen LogP contribution < -0.4 is 25.4 Å². The fraction of sp³-hybridized carbons (Fsp3) is 0.192. The van der Waals surface area contributed by atoms with Crippen molar-refractivity contribution >= 4 is 28.5 Å². The first-order chi connectivity index (χ1) is 15.6. The van der Waals surface area contributed by atoms with Gasteiger partial charge in [0.2, 0.25) is 0 Å². The number of carbonyl (C=O) groups is 1. The molecule has 1 atom stereocenters. The maximum atomic E-state index is 12.6. The van der Waals surface area contributed by atoms with Gasteiger partial charge in [-0.2, -0.15) is 0 Å². The number of methoxy groups -OCH3 is 2. The monoisotopic (exact) mass is 429 g/mol. The van der Waals surface area contributed by atoms with E-state index in [1.807, 2.05) is 61.5 Å². The summed E-state index contributed by atoms with van der Waals surface area (Å²) < 4.78 is 10.7. The fourth-order valence-electron chi connectivity index (χ4n) is 3.72. The molecule has 1 aliphatic rings. The molecule has 1 unspecified atom stereocenters. The minimum absolute atomic E-state index is 0.0527. The van der Waals surface area contributed by atoms with E-state index < -0.39 is 0 Å². The zero-order valence-corrected chi connectivity index (χ0v) is 18.4. The molecule has 1 amide bonds. The molecule has 0 aromatic heterocycles. The van der Waals surface area contributed by atoms with Crippen LogP contribution in [0.1, 0.15) is 18.1 Å². The van der Waals surface area contributed by atoms with Crippen LogP contribution in [0.15, 0.2) is 72.8 Å². The topological polar surface area (TPSA) is 71.6 Å². The average Bonchev–Trinajstić information content (AvgIpc) is 3.12. The Morgan fingerprint density at radius 2 is 1.62 bits per heavy atom. The van der Waals surface area contributed by atoms with E-state index in [0.29, 0.717) is 17.1 Å². The first-order valence-electron chi connectivity index (χ1n) is 10.5. The molecule has 0 saturated carbocycles. The second-order valence-corrected chi connectivity index (χ2v) is 7.64. The smallest absolute Gasteiger partial charge is 0.256 e. The summed E-state index contributed by atoms with van der Waals surface area (Å²) in [5, 5.41) is 9.75. The van der Waals surface area contributed by atoms with Crippen LogP contribution >= 0.6 is 0 Å². The number of ether oxygens (including phenoxy) is 2. The molecule has 6 heteroatoms. The number of para-hydroxylation sites is 1. The summed E-state index contributed by atoms with van der Waals surface area (Å²) in [6.07, 6.45) is 1.93. The second kappa shape index (κ2) is 9.47. The van der Waals surface area contributed by atoms with Gasteiger partial charge >= 0.3 is 0 Å². The number of amides is 1. The van der Waals surface area contributed by atoms with Gasteiger partial charge in [-0.3, -0.25) is 4.79 Å². The van der Waals surface area contributed by atoms with Gasteiger partial charge in [0.15, 0.2) is 11.5 Å². The lowest BCUT2D eigenvalue weighted by atomic mass is 10.0. The molecule has 0 aliphatic carbocycles. The maximum absolute atomic E-state index is 12.6. The third kappa shape index (κ3) is 4.70. The van der Waals surface area contributed by atoms with E-state index in [1.54, 1.807) is 20.3 Å². The highest BCUT2D eigenvalue weighted by Gasteiger charge is 2.27. The highest BCUT2D eigenvalue weighted by molar-refractivity contribution is 6.31. The van der Waals surface area contributed by atoms with Gasteiger partial charge in [0.25, 0.3) is 5.91 Å². The predicted molar refractivity (Wildman–Crippen MR) is 129 cm³/mol. The van der Waals surface area contributed by atoms with Gasteiger partial charge in [0.1, 0.15) is 0 Å². The Labute approximate surface area is 188 Å². The molecule has 0 spiro atoms. The average molecular weight is 430 g/mol. The predicted octanol–water partition coefficient (Wildman–Crippen LogP) is 5.15. The summed E-state index contributed by atoms with van der Waals surface area (Å²) in [4.78, 5) is 12.6. The van der Waals surface area contributed by atoms with Crippen molar-refractivity contribution in [3.63, 3.8) is 0 Å². The van der Waals surface area contributed by atoms with Crippen molar-refractivity contribution in [2.45, 2.75) is 19.5 Å². The molecule has 0 fully saturated rings. The first-order valence-corrected chi connectivity index (χ1v) is 10.5. The van der Waals surface area contributed by atoms with Crippen LogP contribution in [0, 0.1) is 0 Å². The van der Waals surface area contributed by atoms with E-state index in [2.05, 4.69) is 28.1 Å². The number of rotatable bonds is 8. The Kier molecular flexibility index (Phi) is 6.31. The Hall–Kier alpha value is -3.93. The molecule has 1 aliphatic heterocycles. The Bertz CT molecular complexity index is 1130. The molecule has 4 rings (SSSR count). The van der Waals surface area contributed by atoms with Crippen LogP contribution in [-0.4, -0.2) is 26.2 Å². The molecule has 3 aromatic rings. The molecule has 32 heavy (non-hydrogen) atoms. The van der Waals surface area contributed by atoms with Gasteiger partial charge in [0.05, 0.1) is 19.9 Å². The number of anilines is 3. The van der Waals surface area contributed by atoms with Crippen molar-refractivity contribution in [1.29, 1.82) is 0 Å². The number of fused-ring (bicyclic) bond motifs is 1. The van der Waals surface area contributed by atoms with E-state index in [4.69, 9.17) is 9.47 Å². The molecule has 6 nitrogen and oxygen atoms in total. The highest BCUT2D eigenvalue weighted by atomic mass is 16.5. The van der Waals surface area contributed by atoms with Crippen molar-refractivity contribution in [2.24, 2.45) is 0 Å². The second-order valence-electron chi connectivity index (χ2n) is 7.64. The van der Waals surface area contributed by atoms with Crippen LogP contribution in [0.3, 0.4) is 0 Å². The first kappa shape index (κ1) is 21.3. The molecule has 3 N–H and O–H groups in total. The largest absolute Gasteiger partial charge is 0.493 e. The summed E-state index contributed by atoms with van der Waals surface area (Å²) in [7, 11) is 3.16. The van der Waals surface area contributed by atoms with Gasteiger partial charge in [0, 0.05) is 41.2 Å². The summed E-state index contributed by atoms with van der Waals surface area (Å²) in [5.74, 6) is 1.04. The van der Waals surface area contributed by atoms with Crippen LogP contribution in [0.5, 0.6) is 11.5 Å². The Morgan fingerprint density at radius 3 is 2.31 bits per heavy atom. The summed E-state index contributed by atoms with van der Waals surface area (Å²) >= 11 is 0. The highest BCUT2D eigenvalue weighted by Crippen LogP contribution is 2.40. The minimum Gasteiger partial charge on any atom is -0.493 e. The number of carbonyl (C=O) groups excluding carboxylic acids is 1. The SMILES string of the molecule is COc1cc2c(cc1OC)C(=CC(C)Nc1ccc(CNc3ccccc3)cc1)C(=O)N2. The molecular formula is C26H27N3O3.